The lowest BCUT2D eigenvalue weighted by Crippen LogP contribution is -2.42. The fourth-order valence-electron chi connectivity index (χ4n) is 2.35. The van der Waals surface area contributed by atoms with Crippen LogP contribution in [0.25, 0.3) is 10.2 Å². The van der Waals surface area contributed by atoms with Crippen molar-refractivity contribution in [1.29, 1.82) is 0 Å². The predicted molar refractivity (Wildman–Crippen MR) is 72.5 cm³/mol. The van der Waals surface area contributed by atoms with Gasteiger partial charge in [0.25, 0.3) is 0 Å². The van der Waals surface area contributed by atoms with E-state index in [-0.39, 0.29) is 0 Å². The molecule has 1 saturated heterocycles. The SMILES string of the molecule is Cc1nc2cccc(CN3CCNCC3)c2s1. The highest BCUT2D eigenvalue weighted by molar-refractivity contribution is 7.18. The number of hydrogen-bond donors (Lipinski definition) is 1. The van der Waals surface area contributed by atoms with Crippen LogP contribution >= 0.6 is 11.3 Å². The van der Waals surface area contributed by atoms with Crippen LogP contribution in [0.5, 0.6) is 0 Å². The van der Waals surface area contributed by atoms with Crippen LogP contribution in [0, 0.1) is 6.92 Å². The smallest absolute Gasteiger partial charge is 0.0907 e. The zero-order chi connectivity index (χ0) is 11.7. The molecule has 1 aromatic heterocycles. The molecule has 0 amide bonds. The summed E-state index contributed by atoms with van der Waals surface area (Å²) in [7, 11) is 0. The second-order valence-corrected chi connectivity index (χ2v) is 5.73. The van der Waals surface area contributed by atoms with Gasteiger partial charge in [-0.05, 0) is 18.6 Å². The van der Waals surface area contributed by atoms with Gasteiger partial charge in [-0.25, -0.2) is 4.98 Å². The summed E-state index contributed by atoms with van der Waals surface area (Å²) < 4.78 is 1.36. The minimum absolute atomic E-state index is 1.06. The van der Waals surface area contributed by atoms with Gasteiger partial charge in [-0.2, -0.15) is 0 Å². The van der Waals surface area contributed by atoms with E-state index in [1.807, 2.05) is 11.3 Å². The van der Waals surface area contributed by atoms with Crippen molar-refractivity contribution < 1.29 is 0 Å². The van der Waals surface area contributed by atoms with Crippen molar-refractivity contribution >= 4 is 21.6 Å². The molecule has 0 spiro atoms. The summed E-state index contributed by atoms with van der Waals surface area (Å²) in [6, 6.07) is 6.47. The van der Waals surface area contributed by atoms with Gasteiger partial charge in [0.05, 0.1) is 15.2 Å². The van der Waals surface area contributed by atoms with E-state index < -0.39 is 0 Å². The molecule has 0 radical (unpaired) electrons. The Balaban J connectivity index is 1.88. The van der Waals surface area contributed by atoms with E-state index in [4.69, 9.17) is 0 Å². The molecule has 3 nitrogen and oxygen atoms in total. The molecule has 1 aliphatic rings. The number of fused-ring (bicyclic) bond motifs is 1. The number of aromatic nitrogens is 1. The van der Waals surface area contributed by atoms with Gasteiger partial charge < -0.3 is 5.32 Å². The Kier molecular flexibility index (Phi) is 3.09. The maximum atomic E-state index is 4.55. The second-order valence-electron chi connectivity index (χ2n) is 4.52. The fraction of sp³-hybridized carbons (Fsp3) is 0.462. The number of rotatable bonds is 2. The van der Waals surface area contributed by atoms with Gasteiger partial charge in [0, 0.05) is 32.7 Å². The molecule has 2 heterocycles. The first-order valence-electron chi connectivity index (χ1n) is 6.11. The quantitative estimate of drug-likeness (QED) is 0.880. The molecule has 2 aromatic rings. The van der Waals surface area contributed by atoms with Crippen molar-refractivity contribution in [1.82, 2.24) is 15.2 Å². The summed E-state index contributed by atoms with van der Waals surface area (Å²) in [5.41, 5.74) is 2.58. The van der Waals surface area contributed by atoms with Gasteiger partial charge in [-0.1, -0.05) is 12.1 Å². The van der Waals surface area contributed by atoms with Crippen molar-refractivity contribution in [2.45, 2.75) is 13.5 Å². The highest BCUT2D eigenvalue weighted by Gasteiger charge is 2.12. The molecule has 4 heteroatoms. The molecular formula is C13H17N3S. The first-order chi connectivity index (χ1) is 8.33. The Bertz CT molecular complexity index is 514. The van der Waals surface area contributed by atoms with Crippen LogP contribution in [0.3, 0.4) is 0 Å². The van der Waals surface area contributed by atoms with Crippen LogP contribution in [0.4, 0.5) is 0 Å². The van der Waals surface area contributed by atoms with E-state index in [0.29, 0.717) is 0 Å². The molecule has 1 N–H and O–H groups in total. The third-order valence-corrected chi connectivity index (χ3v) is 4.27. The van der Waals surface area contributed by atoms with E-state index in [9.17, 15) is 0 Å². The highest BCUT2D eigenvalue weighted by atomic mass is 32.1. The first kappa shape index (κ1) is 11.1. The Labute approximate surface area is 105 Å². The number of aryl methyl sites for hydroxylation is 1. The Morgan fingerprint density at radius 3 is 3.00 bits per heavy atom. The summed E-state index contributed by atoms with van der Waals surface area (Å²) in [6.07, 6.45) is 0. The maximum absolute atomic E-state index is 4.55. The van der Waals surface area contributed by atoms with E-state index in [1.54, 1.807) is 0 Å². The summed E-state index contributed by atoms with van der Waals surface area (Å²) in [5, 5.41) is 4.55. The summed E-state index contributed by atoms with van der Waals surface area (Å²) in [5.74, 6) is 0. The number of piperazine rings is 1. The van der Waals surface area contributed by atoms with E-state index in [0.717, 1.165) is 43.2 Å². The van der Waals surface area contributed by atoms with E-state index in [1.165, 1.54) is 10.3 Å². The zero-order valence-electron chi connectivity index (χ0n) is 10.1. The zero-order valence-corrected chi connectivity index (χ0v) is 10.9. The predicted octanol–water partition coefficient (Wildman–Crippen LogP) is 2.01. The highest BCUT2D eigenvalue weighted by Crippen LogP contribution is 2.26. The Morgan fingerprint density at radius 1 is 1.35 bits per heavy atom. The maximum Gasteiger partial charge on any atom is 0.0907 e. The molecular weight excluding hydrogens is 230 g/mol. The fourth-order valence-corrected chi connectivity index (χ4v) is 3.27. The van der Waals surface area contributed by atoms with Crippen molar-refractivity contribution in [3.8, 4) is 0 Å². The van der Waals surface area contributed by atoms with Crippen molar-refractivity contribution in [2.75, 3.05) is 26.2 Å². The molecule has 0 bridgehead atoms. The van der Waals surface area contributed by atoms with Crippen molar-refractivity contribution in [3.63, 3.8) is 0 Å². The molecule has 3 rings (SSSR count). The lowest BCUT2D eigenvalue weighted by atomic mass is 10.2. The lowest BCUT2D eigenvalue weighted by Gasteiger charge is -2.27. The third kappa shape index (κ3) is 2.34. The molecule has 0 aliphatic carbocycles. The molecule has 1 fully saturated rings. The average Bonchev–Trinajstić information content (AvgIpc) is 2.72. The second kappa shape index (κ2) is 4.72. The number of benzene rings is 1. The molecule has 0 atom stereocenters. The molecule has 1 aliphatic heterocycles. The molecule has 17 heavy (non-hydrogen) atoms. The van der Waals surface area contributed by atoms with Crippen LogP contribution in [0.15, 0.2) is 18.2 Å². The third-order valence-electron chi connectivity index (χ3n) is 3.21. The van der Waals surface area contributed by atoms with Gasteiger partial charge in [0.15, 0.2) is 0 Å². The van der Waals surface area contributed by atoms with Gasteiger partial charge in [0.1, 0.15) is 0 Å². The molecule has 90 valence electrons. The topological polar surface area (TPSA) is 28.2 Å². The normalized spacial score (nSPS) is 17.7. The summed E-state index contributed by atoms with van der Waals surface area (Å²) in [6.45, 7) is 7.65. The van der Waals surface area contributed by atoms with Crippen LogP contribution in [-0.4, -0.2) is 36.1 Å². The number of nitrogens with one attached hydrogen (secondary N) is 1. The molecule has 1 aromatic carbocycles. The summed E-state index contributed by atoms with van der Waals surface area (Å²) in [4.78, 5) is 7.07. The average molecular weight is 247 g/mol. The van der Waals surface area contributed by atoms with Crippen LogP contribution < -0.4 is 5.32 Å². The lowest BCUT2D eigenvalue weighted by molar-refractivity contribution is 0.234. The van der Waals surface area contributed by atoms with Crippen LogP contribution in [0.1, 0.15) is 10.6 Å². The first-order valence-corrected chi connectivity index (χ1v) is 6.93. The Hall–Kier alpha value is -0.970. The van der Waals surface area contributed by atoms with Gasteiger partial charge in [-0.3, -0.25) is 4.90 Å². The van der Waals surface area contributed by atoms with Crippen molar-refractivity contribution in [2.24, 2.45) is 0 Å². The Morgan fingerprint density at radius 2 is 2.18 bits per heavy atom. The van der Waals surface area contributed by atoms with Crippen LogP contribution in [0.2, 0.25) is 0 Å². The van der Waals surface area contributed by atoms with E-state index >= 15 is 0 Å². The summed E-state index contributed by atoms with van der Waals surface area (Å²) >= 11 is 1.81. The largest absolute Gasteiger partial charge is 0.314 e. The van der Waals surface area contributed by atoms with Gasteiger partial charge in [0.2, 0.25) is 0 Å². The van der Waals surface area contributed by atoms with E-state index in [2.05, 4.69) is 40.3 Å². The number of nitrogens with zero attached hydrogens (tertiary/aromatic N) is 2. The van der Waals surface area contributed by atoms with Crippen molar-refractivity contribution in [3.05, 3.63) is 28.8 Å². The number of thiazole rings is 1. The monoisotopic (exact) mass is 247 g/mol. The minimum Gasteiger partial charge on any atom is -0.314 e. The standard InChI is InChI=1S/C13H17N3S/c1-10-15-12-4-2-3-11(13(12)17-10)9-16-7-5-14-6-8-16/h2-4,14H,5-9H2,1H3. The minimum atomic E-state index is 1.06. The molecule has 0 saturated carbocycles. The van der Waals surface area contributed by atoms with Gasteiger partial charge in [-0.15, -0.1) is 11.3 Å². The molecule has 0 unspecified atom stereocenters. The van der Waals surface area contributed by atoms with Gasteiger partial charge >= 0.3 is 0 Å². The number of hydrogen-bond acceptors (Lipinski definition) is 4. The van der Waals surface area contributed by atoms with Crippen LogP contribution in [-0.2, 0) is 6.54 Å².